The summed E-state index contributed by atoms with van der Waals surface area (Å²) in [6.07, 6.45) is -0.147. The van der Waals surface area contributed by atoms with Crippen LogP contribution in [-0.2, 0) is 4.79 Å². The minimum atomic E-state index is -0.584. The maximum Gasteiger partial charge on any atom is 0.285 e. The van der Waals surface area contributed by atoms with Crippen LogP contribution >= 0.6 is 0 Å². The van der Waals surface area contributed by atoms with Gasteiger partial charge >= 0.3 is 0 Å². The summed E-state index contributed by atoms with van der Waals surface area (Å²) in [5.41, 5.74) is 10.8. The molecule has 1 rings (SSSR count). The van der Waals surface area contributed by atoms with E-state index < -0.39 is 10.8 Å². The number of primary amides is 1. The molecule has 1 aromatic carbocycles. The zero-order valence-electron chi connectivity index (χ0n) is 8.27. The normalized spacial score (nSPS) is 9.00. The van der Waals surface area contributed by atoms with E-state index in [0.29, 0.717) is 5.69 Å². The SMILES string of the molecule is NC(=O)CC#Cc1cc(N)ccc1[N+](=O)[O-]. The average molecular weight is 219 g/mol. The number of hydrogen-bond donors (Lipinski definition) is 2. The van der Waals surface area contributed by atoms with Crippen LogP contribution in [0.3, 0.4) is 0 Å². The molecule has 0 aliphatic rings. The van der Waals surface area contributed by atoms with Crippen LogP contribution in [0.1, 0.15) is 12.0 Å². The molecule has 0 unspecified atom stereocenters. The Morgan fingerprint density at radius 3 is 2.75 bits per heavy atom. The molecule has 16 heavy (non-hydrogen) atoms. The number of hydrogen-bond acceptors (Lipinski definition) is 4. The predicted octanol–water partition coefficient (Wildman–Crippen LogP) is 0.404. The minimum absolute atomic E-state index is 0.147. The van der Waals surface area contributed by atoms with Gasteiger partial charge in [0.1, 0.15) is 5.56 Å². The fourth-order valence-corrected chi connectivity index (χ4v) is 1.04. The number of amides is 1. The first-order valence-electron chi connectivity index (χ1n) is 4.32. The number of nitro benzene ring substituents is 1. The van der Waals surface area contributed by atoms with Crippen LogP contribution < -0.4 is 11.5 Å². The summed E-state index contributed by atoms with van der Waals surface area (Å²) in [5.74, 6) is 4.35. The highest BCUT2D eigenvalue weighted by molar-refractivity contribution is 5.76. The number of nitrogen functional groups attached to an aromatic ring is 1. The van der Waals surface area contributed by atoms with E-state index in [0.717, 1.165) is 0 Å². The molecule has 1 aromatic rings. The van der Waals surface area contributed by atoms with Crippen LogP contribution in [0, 0.1) is 22.0 Å². The smallest absolute Gasteiger partial charge is 0.285 e. The van der Waals surface area contributed by atoms with Gasteiger partial charge in [0.15, 0.2) is 0 Å². The van der Waals surface area contributed by atoms with E-state index in [1.165, 1.54) is 18.2 Å². The van der Waals surface area contributed by atoms with Gasteiger partial charge in [-0.3, -0.25) is 14.9 Å². The molecule has 0 heterocycles. The molecule has 6 nitrogen and oxygen atoms in total. The second kappa shape index (κ2) is 4.79. The second-order valence-electron chi connectivity index (χ2n) is 2.98. The molecule has 0 saturated carbocycles. The number of nitro groups is 1. The Morgan fingerprint density at radius 1 is 1.50 bits per heavy atom. The third-order valence-electron chi connectivity index (χ3n) is 1.70. The van der Waals surface area contributed by atoms with Crippen LogP contribution in [0.5, 0.6) is 0 Å². The highest BCUT2D eigenvalue weighted by Crippen LogP contribution is 2.19. The molecular weight excluding hydrogens is 210 g/mol. The van der Waals surface area contributed by atoms with Gasteiger partial charge in [-0.25, -0.2) is 0 Å². The van der Waals surface area contributed by atoms with Gasteiger partial charge in [-0.05, 0) is 12.1 Å². The van der Waals surface area contributed by atoms with Crippen molar-refractivity contribution in [3.8, 4) is 11.8 Å². The lowest BCUT2D eigenvalue weighted by Gasteiger charge is -1.96. The van der Waals surface area contributed by atoms with Crippen LogP contribution in [0.2, 0.25) is 0 Å². The lowest BCUT2D eigenvalue weighted by atomic mass is 10.1. The first kappa shape index (κ1) is 11.5. The Hall–Kier alpha value is -2.55. The van der Waals surface area contributed by atoms with Crippen LogP contribution in [0.15, 0.2) is 18.2 Å². The first-order valence-corrected chi connectivity index (χ1v) is 4.32. The van der Waals surface area contributed by atoms with Gasteiger partial charge in [0, 0.05) is 11.8 Å². The van der Waals surface area contributed by atoms with E-state index in [-0.39, 0.29) is 17.7 Å². The maximum atomic E-state index is 10.6. The lowest BCUT2D eigenvalue weighted by Crippen LogP contribution is -2.08. The Morgan fingerprint density at radius 2 is 2.19 bits per heavy atom. The molecule has 0 aromatic heterocycles. The molecule has 0 saturated heterocycles. The number of carbonyl (C=O) groups excluding carboxylic acids is 1. The molecule has 4 N–H and O–H groups in total. The van der Waals surface area contributed by atoms with Crippen molar-refractivity contribution >= 4 is 17.3 Å². The number of benzene rings is 1. The number of rotatable bonds is 2. The quantitative estimate of drug-likeness (QED) is 0.324. The average Bonchev–Trinajstić information content (AvgIpc) is 2.16. The van der Waals surface area contributed by atoms with Gasteiger partial charge in [0.05, 0.1) is 11.3 Å². The first-order chi connectivity index (χ1) is 7.50. The topological polar surface area (TPSA) is 112 Å². The van der Waals surface area contributed by atoms with E-state index in [1.54, 1.807) is 0 Å². The summed E-state index contributed by atoms with van der Waals surface area (Å²) in [6, 6.07) is 4.06. The minimum Gasteiger partial charge on any atom is -0.399 e. The van der Waals surface area contributed by atoms with Gasteiger partial charge in [0.2, 0.25) is 5.91 Å². The molecule has 0 aliphatic carbocycles. The molecule has 82 valence electrons. The summed E-state index contributed by atoms with van der Waals surface area (Å²) < 4.78 is 0. The van der Waals surface area contributed by atoms with Gasteiger partial charge in [0.25, 0.3) is 5.69 Å². The van der Waals surface area contributed by atoms with Crippen molar-refractivity contribution in [1.82, 2.24) is 0 Å². The standard InChI is InChI=1S/C10H9N3O3/c11-8-4-5-9(13(15)16)7(6-8)2-1-3-10(12)14/h4-6H,3,11H2,(H2,12,14). The van der Waals surface area contributed by atoms with Crippen molar-refractivity contribution in [3.63, 3.8) is 0 Å². The van der Waals surface area contributed by atoms with Gasteiger partial charge < -0.3 is 11.5 Å². The van der Waals surface area contributed by atoms with Crippen molar-refractivity contribution in [2.24, 2.45) is 5.73 Å². The summed E-state index contributed by atoms with van der Waals surface area (Å²) >= 11 is 0. The Kier molecular flexibility index (Phi) is 3.45. The van der Waals surface area contributed by atoms with E-state index in [9.17, 15) is 14.9 Å². The molecular formula is C10H9N3O3. The molecule has 0 bridgehead atoms. The van der Waals surface area contributed by atoms with E-state index >= 15 is 0 Å². The van der Waals surface area contributed by atoms with E-state index in [1.807, 2.05) is 0 Å². The molecule has 0 spiro atoms. The third kappa shape index (κ3) is 2.99. The molecule has 0 radical (unpaired) electrons. The van der Waals surface area contributed by atoms with Crippen molar-refractivity contribution in [1.29, 1.82) is 0 Å². The monoisotopic (exact) mass is 219 g/mol. The highest BCUT2D eigenvalue weighted by Gasteiger charge is 2.11. The summed E-state index contributed by atoms with van der Waals surface area (Å²) in [4.78, 5) is 20.5. The second-order valence-corrected chi connectivity index (χ2v) is 2.98. The number of anilines is 1. The lowest BCUT2D eigenvalue weighted by molar-refractivity contribution is -0.385. The molecule has 6 heteroatoms. The third-order valence-corrected chi connectivity index (χ3v) is 1.70. The summed E-state index contributed by atoms with van der Waals surface area (Å²) in [6.45, 7) is 0. The van der Waals surface area contributed by atoms with E-state index in [2.05, 4.69) is 11.8 Å². The largest absolute Gasteiger partial charge is 0.399 e. The van der Waals surface area contributed by atoms with Crippen molar-refractivity contribution < 1.29 is 9.72 Å². The molecule has 0 atom stereocenters. The fourth-order valence-electron chi connectivity index (χ4n) is 1.04. The van der Waals surface area contributed by atoms with Crippen LogP contribution in [0.4, 0.5) is 11.4 Å². The van der Waals surface area contributed by atoms with Crippen molar-refractivity contribution in [2.45, 2.75) is 6.42 Å². The predicted molar refractivity (Wildman–Crippen MR) is 58.2 cm³/mol. The van der Waals surface area contributed by atoms with E-state index in [4.69, 9.17) is 11.5 Å². The number of nitrogens with two attached hydrogens (primary N) is 2. The van der Waals surface area contributed by atoms with Gasteiger partial charge in [-0.2, -0.15) is 0 Å². The van der Waals surface area contributed by atoms with Crippen LogP contribution in [-0.4, -0.2) is 10.8 Å². The number of carbonyl (C=O) groups is 1. The maximum absolute atomic E-state index is 10.6. The van der Waals surface area contributed by atoms with Crippen molar-refractivity contribution in [2.75, 3.05) is 5.73 Å². The number of nitrogens with zero attached hydrogens (tertiary/aromatic N) is 1. The highest BCUT2D eigenvalue weighted by atomic mass is 16.6. The van der Waals surface area contributed by atoms with Gasteiger partial charge in [-0.15, -0.1) is 0 Å². The Bertz CT molecular complexity index is 500. The van der Waals surface area contributed by atoms with Gasteiger partial charge in [-0.1, -0.05) is 11.8 Å². The van der Waals surface area contributed by atoms with Crippen molar-refractivity contribution in [3.05, 3.63) is 33.9 Å². The molecule has 0 aliphatic heterocycles. The molecule has 0 fully saturated rings. The Balaban J connectivity index is 3.08. The van der Waals surface area contributed by atoms with Crippen LogP contribution in [0.25, 0.3) is 0 Å². The Labute approximate surface area is 91.4 Å². The summed E-state index contributed by atoms with van der Waals surface area (Å²) in [7, 11) is 0. The fraction of sp³-hybridized carbons (Fsp3) is 0.100. The zero-order chi connectivity index (χ0) is 12.1. The zero-order valence-corrected chi connectivity index (χ0v) is 8.27. The summed E-state index contributed by atoms with van der Waals surface area (Å²) in [5, 5.41) is 10.6. The molecule has 1 amide bonds.